The molecule has 6 rings (SSSR count). The third-order valence-corrected chi connectivity index (χ3v) is 11.3. The summed E-state index contributed by atoms with van der Waals surface area (Å²) in [6.45, 7) is 1.57. The summed E-state index contributed by atoms with van der Waals surface area (Å²) in [5, 5.41) is 0.272. The number of piperazine rings is 1. The van der Waals surface area contributed by atoms with Gasteiger partial charge < -0.3 is 14.5 Å². The summed E-state index contributed by atoms with van der Waals surface area (Å²) in [5.74, 6) is -0.103. The molecular formula is C29H34BrClN4O5S. The Morgan fingerprint density at radius 2 is 1.68 bits per heavy atom. The predicted octanol–water partition coefficient (Wildman–Crippen LogP) is 3.74. The van der Waals surface area contributed by atoms with E-state index in [2.05, 4.69) is 20.8 Å². The number of fused-ring (bicyclic) bond motifs is 1. The van der Waals surface area contributed by atoms with Gasteiger partial charge in [0.1, 0.15) is 28.9 Å². The summed E-state index contributed by atoms with van der Waals surface area (Å²) in [5.41, 5.74) is 0.904. The molecule has 1 aliphatic carbocycles. The van der Waals surface area contributed by atoms with E-state index in [1.807, 2.05) is 24.3 Å². The number of carbonyl (C=O) groups is 2. The SMILES string of the molecule is COc1ccc(Cl)cc1S(=O)(=O)N1CC(N2CCCCC2)C(=O)N2C(Cc3ccc(Br)cc3)C(=O)N(C3CC3)CC21. The van der Waals surface area contributed by atoms with E-state index in [0.29, 0.717) is 19.5 Å². The Labute approximate surface area is 254 Å². The lowest BCUT2D eigenvalue weighted by atomic mass is 9.96. The molecule has 1 saturated carbocycles. The summed E-state index contributed by atoms with van der Waals surface area (Å²) < 4.78 is 36.8. The number of ether oxygens (including phenoxy) is 1. The lowest BCUT2D eigenvalue weighted by Gasteiger charge is -2.55. The van der Waals surface area contributed by atoms with Crippen LogP contribution in [0.4, 0.5) is 0 Å². The first-order chi connectivity index (χ1) is 19.7. The Morgan fingerprint density at radius 1 is 0.976 bits per heavy atom. The van der Waals surface area contributed by atoms with Gasteiger partial charge >= 0.3 is 0 Å². The van der Waals surface area contributed by atoms with Gasteiger partial charge in [0, 0.05) is 28.5 Å². The standard InChI is InChI=1S/C29H34BrClN4O5S/c1-40-25-12-9-21(31)16-26(25)41(38,39)34-17-24(32-13-3-2-4-14-32)29(37)35-23(15-19-5-7-20(30)8-6-19)28(36)33(18-27(34)35)22-10-11-22/h5-9,12,16,22-24,27H,2-4,10-11,13-15,17-18H2,1H3. The normalized spacial score (nSPS) is 26.3. The first-order valence-electron chi connectivity index (χ1n) is 14.2. The molecule has 2 aromatic carbocycles. The Bertz CT molecular complexity index is 1430. The molecule has 3 aliphatic heterocycles. The van der Waals surface area contributed by atoms with E-state index in [9.17, 15) is 18.0 Å². The van der Waals surface area contributed by atoms with Crippen LogP contribution in [0.15, 0.2) is 51.8 Å². The number of piperidine rings is 1. The van der Waals surface area contributed by atoms with Crippen molar-refractivity contribution in [3.63, 3.8) is 0 Å². The number of sulfonamides is 1. The van der Waals surface area contributed by atoms with Crippen molar-refractivity contribution in [2.24, 2.45) is 0 Å². The average molecular weight is 666 g/mol. The molecule has 12 heteroatoms. The number of halogens is 2. The van der Waals surface area contributed by atoms with Crippen molar-refractivity contribution < 1.29 is 22.7 Å². The third-order valence-electron chi connectivity index (χ3n) is 8.68. The monoisotopic (exact) mass is 664 g/mol. The molecule has 3 heterocycles. The molecule has 41 heavy (non-hydrogen) atoms. The number of rotatable bonds is 7. The lowest BCUT2D eigenvalue weighted by molar-refractivity contribution is -0.171. The van der Waals surface area contributed by atoms with Gasteiger partial charge in [0.2, 0.25) is 21.8 Å². The fraction of sp³-hybridized carbons (Fsp3) is 0.517. The first kappa shape index (κ1) is 28.9. The van der Waals surface area contributed by atoms with Gasteiger partial charge in [-0.1, -0.05) is 46.1 Å². The second-order valence-electron chi connectivity index (χ2n) is 11.3. The fourth-order valence-electron chi connectivity index (χ4n) is 6.43. The van der Waals surface area contributed by atoms with E-state index in [0.717, 1.165) is 42.1 Å². The van der Waals surface area contributed by atoms with E-state index in [1.54, 1.807) is 21.9 Å². The van der Waals surface area contributed by atoms with Crippen molar-refractivity contribution in [3.05, 3.63) is 57.5 Å². The summed E-state index contributed by atoms with van der Waals surface area (Å²) in [7, 11) is -2.76. The van der Waals surface area contributed by atoms with Gasteiger partial charge in [0.15, 0.2) is 0 Å². The van der Waals surface area contributed by atoms with Crippen molar-refractivity contribution in [2.75, 3.05) is 33.3 Å². The Morgan fingerprint density at radius 3 is 2.34 bits per heavy atom. The van der Waals surface area contributed by atoms with Gasteiger partial charge in [-0.25, -0.2) is 8.42 Å². The molecule has 4 fully saturated rings. The number of amides is 2. The number of hydrogen-bond donors (Lipinski definition) is 0. The number of carbonyl (C=O) groups excluding carboxylic acids is 2. The van der Waals surface area contributed by atoms with Gasteiger partial charge in [-0.05, 0) is 74.7 Å². The van der Waals surface area contributed by atoms with Gasteiger partial charge in [-0.2, -0.15) is 4.31 Å². The van der Waals surface area contributed by atoms with Crippen LogP contribution >= 0.6 is 27.5 Å². The highest BCUT2D eigenvalue weighted by Gasteiger charge is 2.56. The maximum atomic E-state index is 14.5. The molecule has 0 N–H and O–H groups in total. The third kappa shape index (κ3) is 5.51. The van der Waals surface area contributed by atoms with E-state index in [4.69, 9.17) is 16.3 Å². The second kappa shape index (κ2) is 11.5. The van der Waals surface area contributed by atoms with Crippen LogP contribution in [-0.2, 0) is 26.0 Å². The zero-order valence-electron chi connectivity index (χ0n) is 22.9. The summed E-state index contributed by atoms with van der Waals surface area (Å²) >= 11 is 9.75. The van der Waals surface area contributed by atoms with Crippen molar-refractivity contribution >= 4 is 49.4 Å². The number of nitrogens with zero attached hydrogens (tertiary/aromatic N) is 4. The summed E-state index contributed by atoms with van der Waals surface area (Å²) in [6, 6.07) is 10.8. The van der Waals surface area contributed by atoms with Crippen molar-refractivity contribution in [2.45, 2.75) is 67.7 Å². The molecule has 0 spiro atoms. The van der Waals surface area contributed by atoms with Crippen molar-refractivity contribution in [1.82, 2.24) is 19.0 Å². The molecule has 0 aromatic heterocycles. The largest absolute Gasteiger partial charge is 0.495 e. The molecule has 3 atom stereocenters. The average Bonchev–Trinajstić information content (AvgIpc) is 3.81. The van der Waals surface area contributed by atoms with Crippen LogP contribution in [0.2, 0.25) is 5.02 Å². The molecule has 220 valence electrons. The molecule has 2 aromatic rings. The molecule has 4 aliphatic rings. The molecular weight excluding hydrogens is 632 g/mol. The van der Waals surface area contributed by atoms with E-state index < -0.39 is 28.3 Å². The Kier molecular flexibility index (Phi) is 8.10. The highest BCUT2D eigenvalue weighted by Crippen LogP contribution is 2.39. The maximum Gasteiger partial charge on any atom is 0.248 e. The van der Waals surface area contributed by atoms with Gasteiger partial charge in [-0.3, -0.25) is 14.5 Å². The molecule has 0 radical (unpaired) electrons. The quantitative estimate of drug-likeness (QED) is 0.448. The molecule has 0 bridgehead atoms. The van der Waals surface area contributed by atoms with Crippen molar-refractivity contribution in [3.8, 4) is 5.75 Å². The molecule has 2 amide bonds. The predicted molar refractivity (Wildman–Crippen MR) is 158 cm³/mol. The lowest BCUT2D eigenvalue weighted by Crippen LogP contribution is -2.76. The minimum absolute atomic E-state index is 0.00962. The van der Waals surface area contributed by atoms with Crippen LogP contribution in [-0.4, -0.2) is 96.8 Å². The number of likely N-dealkylation sites (tertiary alicyclic amines) is 1. The van der Waals surface area contributed by atoms with E-state index in [1.165, 1.54) is 17.5 Å². The zero-order chi connectivity index (χ0) is 28.9. The van der Waals surface area contributed by atoms with Crippen molar-refractivity contribution in [1.29, 1.82) is 0 Å². The smallest absolute Gasteiger partial charge is 0.248 e. The second-order valence-corrected chi connectivity index (χ2v) is 14.5. The van der Waals surface area contributed by atoms with Crippen LogP contribution in [0.25, 0.3) is 0 Å². The van der Waals surface area contributed by atoms with Crippen LogP contribution in [0.5, 0.6) is 5.75 Å². The van der Waals surface area contributed by atoms with Gasteiger partial charge in [0.25, 0.3) is 0 Å². The highest BCUT2D eigenvalue weighted by atomic mass is 79.9. The van der Waals surface area contributed by atoms with Crippen LogP contribution in [0.3, 0.4) is 0 Å². The van der Waals surface area contributed by atoms with Crippen LogP contribution < -0.4 is 4.74 Å². The van der Waals surface area contributed by atoms with E-state index >= 15 is 0 Å². The molecule has 3 unspecified atom stereocenters. The molecule has 3 saturated heterocycles. The van der Waals surface area contributed by atoms with Crippen LogP contribution in [0.1, 0.15) is 37.7 Å². The fourth-order valence-corrected chi connectivity index (χ4v) is 8.69. The first-order valence-corrected chi connectivity index (χ1v) is 16.8. The Hall–Kier alpha value is -2.18. The van der Waals surface area contributed by atoms with Gasteiger partial charge in [-0.15, -0.1) is 0 Å². The summed E-state index contributed by atoms with van der Waals surface area (Å²) in [6.07, 6.45) is 4.18. The minimum Gasteiger partial charge on any atom is -0.495 e. The van der Waals surface area contributed by atoms with Gasteiger partial charge in [0.05, 0.1) is 13.7 Å². The van der Waals surface area contributed by atoms with E-state index in [-0.39, 0.29) is 46.6 Å². The molecule has 9 nitrogen and oxygen atoms in total. The number of methoxy groups -OCH3 is 1. The maximum absolute atomic E-state index is 14.5. The van der Waals surface area contributed by atoms with Crippen LogP contribution in [0, 0.1) is 0 Å². The minimum atomic E-state index is -4.18. The highest BCUT2D eigenvalue weighted by molar-refractivity contribution is 9.10. The topological polar surface area (TPSA) is 90.5 Å². The summed E-state index contributed by atoms with van der Waals surface area (Å²) in [4.78, 5) is 33.8. The number of hydrogen-bond acceptors (Lipinski definition) is 6. The number of benzene rings is 2. The Balaban J connectivity index is 1.46. The zero-order valence-corrected chi connectivity index (χ0v) is 26.1.